The van der Waals surface area contributed by atoms with E-state index in [2.05, 4.69) is 79.8 Å². The Hall–Kier alpha value is -13.2. The number of aromatic hydroxyl groups is 2. The molecular weight excluding hydrogens is 1750 g/mol. The molecule has 46 heteroatoms. The maximum Gasteiger partial charge on any atom is 0.305 e. The molecule has 0 aliphatic rings. The van der Waals surface area contributed by atoms with Gasteiger partial charge in [-0.1, -0.05) is 95.1 Å². The quantitative estimate of drug-likeness (QED) is 0.0183. The lowest BCUT2D eigenvalue weighted by Crippen LogP contribution is -2.63. The van der Waals surface area contributed by atoms with Crippen LogP contribution in [0.5, 0.6) is 11.5 Å². The lowest BCUT2D eigenvalue weighted by atomic mass is 9.96. The number of nitrogens with zero attached hydrogens (tertiary/aromatic N) is 1. The van der Waals surface area contributed by atoms with Gasteiger partial charge in [0, 0.05) is 57.1 Å². The van der Waals surface area contributed by atoms with Gasteiger partial charge in [-0.05, 0) is 124 Å². The van der Waals surface area contributed by atoms with Crippen LogP contribution in [-0.4, -0.2) is 292 Å². The number of aliphatic hydroxyl groups is 4. The summed E-state index contributed by atoms with van der Waals surface area (Å²) in [5, 5.41) is 128. The van der Waals surface area contributed by atoms with Gasteiger partial charge in [0.25, 0.3) is 5.56 Å². The standard InChI is InChI=1S/C86H123N17O28S/c1-9-47(5)72(84(129)96-59(37-53-20-24-55(109)25-21-53)78(123)92-57(33-45(2)3)77(122)94-61(38-70(116)117)76(121)90-48(6)15-13-14-29-87)101-83(128)64(42-105)98-79(124)58(36-52-18-22-54(108)23-19-52)93-80(125)62(39-71(118)119)95-82(127)63(41-104)99-86(131)74(50(8)107)102-81(126)60(35-51-16-11-10-12-17-51)97-85(130)73(49(7)106)100-65(110)40-89-75(120)56(26-27-69(114)115)91-67(112)44-132-43-66(111)88-30-32-103-31-28-46(4)34-68(103)113/h10-12,16-25,28,31,34,45,47-50,56-64,72-74,104-109H,9,13-15,26-27,29-30,32-33,35-44,87H2,1-8H3,(H,88,111)(H,89,120)(H,90,121)(H,91,112)(H,92,123)(H,93,125)(H,94,122)(H,95,127)(H,96,129)(H,97,130)(H,98,124)(H,99,131)(H,100,110)(H,101,128)(H,102,126)(H,114,115)(H,116,117)(H,118,119)/t47-,48+,49+,50+,56-,57-,58-,59-,60-,61-,62-,63-,64-,72-,73-,74-/m0/s1. The molecule has 45 nitrogen and oxygen atoms in total. The highest BCUT2D eigenvalue weighted by atomic mass is 32.2. The van der Waals surface area contributed by atoms with Crippen LogP contribution in [0.15, 0.2) is 102 Å². The fraction of sp³-hybridized carbons (Fsp3) is 0.523. The van der Waals surface area contributed by atoms with Gasteiger partial charge >= 0.3 is 17.9 Å². The van der Waals surface area contributed by atoms with Crippen LogP contribution >= 0.6 is 11.8 Å². The van der Waals surface area contributed by atoms with Crippen LogP contribution in [0.3, 0.4) is 0 Å². The van der Waals surface area contributed by atoms with E-state index in [1.165, 1.54) is 78.2 Å². The Morgan fingerprint density at radius 1 is 0.424 bits per heavy atom. The summed E-state index contributed by atoms with van der Waals surface area (Å²) in [4.78, 5) is 258. The average Bonchev–Trinajstić information content (AvgIpc) is 0.838. The first-order chi connectivity index (χ1) is 62.3. The second-order valence-electron chi connectivity index (χ2n) is 32.0. The summed E-state index contributed by atoms with van der Waals surface area (Å²) in [6.45, 7) is 9.18. The highest BCUT2D eigenvalue weighted by Crippen LogP contribution is 2.18. The maximum atomic E-state index is 14.7. The lowest BCUT2D eigenvalue weighted by molar-refractivity contribution is -0.142. The number of carbonyl (C=O) groups excluding carboxylic acids is 15. The van der Waals surface area contributed by atoms with E-state index in [4.69, 9.17) is 5.73 Å². The number of hydrogen-bond donors (Lipinski definition) is 25. The molecule has 3 aromatic carbocycles. The third kappa shape index (κ3) is 40.5. The number of unbranched alkanes of at least 4 members (excludes halogenated alkanes) is 1. The number of pyridine rings is 1. The highest BCUT2D eigenvalue weighted by Gasteiger charge is 2.40. The van der Waals surface area contributed by atoms with E-state index in [-0.39, 0.29) is 72.4 Å². The van der Waals surface area contributed by atoms with E-state index in [0.29, 0.717) is 36.9 Å². The zero-order valence-corrected chi connectivity index (χ0v) is 75.2. The normalized spacial score (nSPS) is 14.7. The van der Waals surface area contributed by atoms with Crippen molar-refractivity contribution in [3.8, 4) is 11.5 Å². The first-order valence-corrected chi connectivity index (χ1v) is 43.8. The number of carboxylic acid groups (broad SMARTS) is 3. The molecule has 0 aliphatic carbocycles. The highest BCUT2D eigenvalue weighted by molar-refractivity contribution is 8.00. The predicted octanol–water partition coefficient (Wildman–Crippen LogP) is -5.63. The predicted molar refractivity (Wildman–Crippen MR) is 474 cm³/mol. The molecule has 0 bridgehead atoms. The van der Waals surface area contributed by atoms with Crippen molar-refractivity contribution in [2.24, 2.45) is 17.6 Å². The molecule has 4 aromatic rings. The summed E-state index contributed by atoms with van der Waals surface area (Å²) in [6, 6.07) is -1.14. The molecule has 4 rings (SSSR count). The molecule has 726 valence electrons. The van der Waals surface area contributed by atoms with E-state index < -0.39 is 261 Å². The summed E-state index contributed by atoms with van der Waals surface area (Å²) in [5.41, 5.74) is 6.97. The summed E-state index contributed by atoms with van der Waals surface area (Å²) < 4.78 is 1.39. The summed E-state index contributed by atoms with van der Waals surface area (Å²) in [7, 11) is 0. The van der Waals surface area contributed by atoms with Crippen LogP contribution in [0.1, 0.15) is 129 Å². The SMILES string of the molecule is CC[C@H](C)[C@H](NC(=O)[C@H](CO)NC(=O)[C@H](Cc1ccc(O)cc1)NC(=O)[C@H](CC(=O)O)NC(=O)[C@H](CO)NC(=O)[C@@H](NC(=O)[C@H](Cc1ccccc1)NC(=O)[C@@H](NC(=O)CNC(=O)[C@H](CCC(=O)O)NC(=O)CSCC(=O)NCCn1ccc(C)cc1=O)[C@@H](C)O)[C@@H](C)O)C(=O)N[C@@H](Cc1ccc(O)cc1)C(=O)N[C@@H](CC(C)C)C(=O)N[C@@H](CC(=O)O)C(=O)N[C@H](C)CCCCN. The number of nitrogens with two attached hydrogens (primary N) is 1. The number of aromatic nitrogens is 1. The van der Waals surface area contributed by atoms with Crippen molar-refractivity contribution in [2.45, 2.75) is 230 Å². The third-order valence-corrected chi connectivity index (χ3v) is 21.3. The summed E-state index contributed by atoms with van der Waals surface area (Å²) >= 11 is 0.842. The van der Waals surface area contributed by atoms with Gasteiger partial charge in [0.1, 0.15) is 84.0 Å². The Kier molecular flexibility index (Phi) is 48.1. The van der Waals surface area contributed by atoms with E-state index in [9.17, 15) is 137 Å². The molecule has 15 amide bonds. The smallest absolute Gasteiger partial charge is 0.305 e. The van der Waals surface area contributed by atoms with Crippen molar-refractivity contribution in [2.75, 3.05) is 44.4 Å². The number of carboxylic acids is 3. The minimum atomic E-state index is -2.23. The number of hydrogen-bond acceptors (Lipinski definition) is 27. The van der Waals surface area contributed by atoms with Gasteiger partial charge in [-0.15, -0.1) is 11.8 Å². The van der Waals surface area contributed by atoms with Crippen LogP contribution in [0.4, 0.5) is 0 Å². The van der Waals surface area contributed by atoms with Crippen molar-refractivity contribution < 1.29 is 132 Å². The number of nitrogens with one attached hydrogen (secondary N) is 15. The van der Waals surface area contributed by atoms with Gasteiger partial charge in [-0.25, -0.2) is 0 Å². The van der Waals surface area contributed by atoms with Crippen molar-refractivity contribution in [1.29, 1.82) is 0 Å². The van der Waals surface area contributed by atoms with Gasteiger partial charge in [0.05, 0.1) is 56.3 Å². The largest absolute Gasteiger partial charge is 0.508 e. The van der Waals surface area contributed by atoms with Crippen LogP contribution in [-0.2, 0) is 112 Å². The van der Waals surface area contributed by atoms with Crippen LogP contribution < -0.4 is 91.0 Å². The number of benzene rings is 3. The second kappa shape index (κ2) is 57.1. The van der Waals surface area contributed by atoms with Crippen molar-refractivity contribution in [3.05, 3.63) is 130 Å². The zero-order chi connectivity index (χ0) is 98.6. The number of aliphatic carboxylic acids is 3. The number of phenolic OH excluding ortho intramolecular Hbond substituents is 2. The summed E-state index contributed by atoms with van der Waals surface area (Å²) in [5.74, 6) is -23.5. The molecule has 0 spiro atoms. The van der Waals surface area contributed by atoms with Gasteiger partial charge in [0.2, 0.25) is 88.6 Å². The molecule has 0 unspecified atom stereocenters. The number of rotatable bonds is 59. The Bertz CT molecular complexity index is 4640. The first kappa shape index (κ1) is 111. The van der Waals surface area contributed by atoms with Crippen molar-refractivity contribution in [1.82, 2.24) is 84.3 Å². The Morgan fingerprint density at radius 2 is 0.841 bits per heavy atom. The minimum Gasteiger partial charge on any atom is -0.508 e. The number of amides is 15. The topological polar surface area (TPSA) is 718 Å². The number of carbonyl (C=O) groups is 18. The molecule has 132 heavy (non-hydrogen) atoms. The molecule has 1 heterocycles. The first-order valence-electron chi connectivity index (χ1n) is 42.6. The van der Waals surface area contributed by atoms with Crippen LogP contribution in [0.2, 0.25) is 0 Å². The van der Waals surface area contributed by atoms with Crippen molar-refractivity contribution >= 4 is 118 Å². The molecule has 0 saturated heterocycles. The molecule has 26 N–H and O–H groups in total. The van der Waals surface area contributed by atoms with E-state index in [1.807, 2.05) is 0 Å². The van der Waals surface area contributed by atoms with Crippen LogP contribution in [0.25, 0.3) is 0 Å². The second-order valence-corrected chi connectivity index (χ2v) is 33.0. The molecule has 0 saturated carbocycles. The fourth-order valence-electron chi connectivity index (χ4n) is 12.9. The number of phenols is 2. The van der Waals surface area contributed by atoms with E-state index >= 15 is 0 Å². The minimum absolute atomic E-state index is 0.0793. The summed E-state index contributed by atoms with van der Waals surface area (Å²) in [6.07, 6.45) is -4.81. The monoisotopic (exact) mass is 1870 g/mol. The van der Waals surface area contributed by atoms with Gasteiger partial charge in [-0.3, -0.25) is 91.1 Å². The van der Waals surface area contributed by atoms with Gasteiger partial charge in [-0.2, -0.15) is 0 Å². The average molecular weight is 1880 g/mol. The van der Waals surface area contributed by atoms with E-state index in [0.717, 1.165) is 31.2 Å². The molecule has 0 aliphatic heterocycles. The third-order valence-electron chi connectivity index (χ3n) is 20.4. The van der Waals surface area contributed by atoms with Crippen LogP contribution in [0, 0.1) is 18.8 Å². The molecule has 1 aromatic heterocycles. The van der Waals surface area contributed by atoms with Crippen molar-refractivity contribution in [3.63, 3.8) is 0 Å². The van der Waals surface area contributed by atoms with Gasteiger partial charge < -0.3 is 136 Å². The Balaban J connectivity index is 1.53. The Morgan fingerprint density at radius 3 is 1.32 bits per heavy atom. The zero-order valence-electron chi connectivity index (χ0n) is 74.4. The fourth-order valence-corrected chi connectivity index (χ4v) is 13.6. The maximum absolute atomic E-state index is 14.7. The number of aryl methyl sites for hydroxylation is 1. The van der Waals surface area contributed by atoms with Gasteiger partial charge in [0.15, 0.2) is 0 Å². The number of aliphatic hydroxyl groups excluding tert-OH is 4. The van der Waals surface area contributed by atoms with E-state index in [1.54, 1.807) is 65.1 Å². The molecular formula is C86H123N17O28S. The lowest BCUT2D eigenvalue weighted by Gasteiger charge is -2.30. The number of thioether (sulfide) groups is 1. The molecule has 16 atom stereocenters. The molecule has 0 fully saturated rings. The Labute approximate surface area is 764 Å². The molecule has 0 radical (unpaired) electrons.